The summed E-state index contributed by atoms with van der Waals surface area (Å²) in [7, 11) is 0. The van der Waals surface area contributed by atoms with Crippen LogP contribution in [0.15, 0.2) is 27.1 Å². The molecule has 0 heterocycles. The Morgan fingerprint density at radius 3 is 2.62 bits per heavy atom. The Morgan fingerprint density at radius 1 is 1.24 bits per heavy atom. The van der Waals surface area contributed by atoms with Crippen molar-refractivity contribution in [1.82, 2.24) is 5.32 Å². The summed E-state index contributed by atoms with van der Waals surface area (Å²) in [6, 6.07) is 4.71. The van der Waals surface area contributed by atoms with Gasteiger partial charge in [0.25, 0.3) is 5.91 Å². The van der Waals surface area contributed by atoms with Crippen molar-refractivity contribution in [2.75, 3.05) is 0 Å². The van der Waals surface area contributed by atoms with Gasteiger partial charge in [-0.3, -0.25) is 4.79 Å². The van der Waals surface area contributed by atoms with Gasteiger partial charge in [0.1, 0.15) is 0 Å². The third kappa shape index (κ3) is 4.45. The van der Waals surface area contributed by atoms with Gasteiger partial charge in [0, 0.05) is 15.0 Å². The molecule has 2 atom stereocenters. The molecule has 1 N–H and O–H groups in total. The van der Waals surface area contributed by atoms with Crippen molar-refractivity contribution in [3.8, 4) is 0 Å². The summed E-state index contributed by atoms with van der Waals surface area (Å²) < 4.78 is 39.7. The molecule has 0 radical (unpaired) electrons. The van der Waals surface area contributed by atoms with E-state index in [1.165, 1.54) is 0 Å². The lowest BCUT2D eigenvalue weighted by molar-refractivity contribution is -0.183. The predicted molar refractivity (Wildman–Crippen MR) is 81.1 cm³/mol. The molecule has 2 rings (SSSR count). The van der Waals surface area contributed by atoms with Gasteiger partial charge in [-0.1, -0.05) is 22.4 Å². The van der Waals surface area contributed by atoms with Crippen molar-refractivity contribution in [3.63, 3.8) is 0 Å². The van der Waals surface area contributed by atoms with E-state index in [9.17, 15) is 18.0 Å². The van der Waals surface area contributed by atoms with Crippen LogP contribution < -0.4 is 5.32 Å². The van der Waals surface area contributed by atoms with Crippen molar-refractivity contribution in [1.29, 1.82) is 0 Å². The van der Waals surface area contributed by atoms with Crippen molar-refractivity contribution >= 4 is 37.8 Å². The van der Waals surface area contributed by atoms with Crippen LogP contribution in [0, 0.1) is 5.92 Å². The molecule has 0 spiro atoms. The SMILES string of the molecule is O=C(NC1CCCC(C(F)(F)F)C1)c1cc(Br)ccc1Br. The molecule has 0 bridgehead atoms. The van der Waals surface area contributed by atoms with E-state index in [1.54, 1.807) is 18.2 Å². The maximum atomic E-state index is 12.8. The third-order valence-corrected chi connectivity index (χ3v) is 4.83. The molecule has 1 aromatic carbocycles. The summed E-state index contributed by atoms with van der Waals surface area (Å²) in [5.41, 5.74) is 0.415. The second kappa shape index (κ2) is 6.69. The maximum absolute atomic E-state index is 12.8. The molecule has 2 nitrogen and oxygen atoms in total. The van der Waals surface area contributed by atoms with E-state index in [1.807, 2.05) is 0 Å². The smallest absolute Gasteiger partial charge is 0.349 e. The average molecular weight is 429 g/mol. The van der Waals surface area contributed by atoms with Crippen molar-refractivity contribution < 1.29 is 18.0 Å². The number of halogens is 5. The maximum Gasteiger partial charge on any atom is 0.391 e. The Morgan fingerprint density at radius 2 is 1.95 bits per heavy atom. The van der Waals surface area contributed by atoms with Crippen LogP contribution in [-0.4, -0.2) is 18.1 Å². The molecule has 0 saturated heterocycles. The van der Waals surface area contributed by atoms with Crippen LogP contribution in [0.5, 0.6) is 0 Å². The van der Waals surface area contributed by atoms with Gasteiger partial charge in [0.15, 0.2) is 0 Å². The van der Waals surface area contributed by atoms with Gasteiger partial charge in [0.2, 0.25) is 0 Å². The first-order valence-corrected chi connectivity index (χ1v) is 8.18. The summed E-state index contributed by atoms with van der Waals surface area (Å²) in [6.45, 7) is 0. The normalized spacial score (nSPS) is 22.9. The highest BCUT2D eigenvalue weighted by molar-refractivity contribution is 9.11. The molecule has 21 heavy (non-hydrogen) atoms. The highest BCUT2D eigenvalue weighted by atomic mass is 79.9. The minimum atomic E-state index is -4.18. The Kier molecular flexibility index (Phi) is 5.35. The average Bonchev–Trinajstić information content (AvgIpc) is 2.41. The zero-order chi connectivity index (χ0) is 15.6. The van der Waals surface area contributed by atoms with Crippen LogP contribution in [0.3, 0.4) is 0 Å². The monoisotopic (exact) mass is 427 g/mol. The van der Waals surface area contributed by atoms with E-state index in [0.29, 0.717) is 22.9 Å². The van der Waals surface area contributed by atoms with Gasteiger partial charge in [0.05, 0.1) is 11.5 Å². The van der Waals surface area contributed by atoms with Crippen LogP contribution in [-0.2, 0) is 0 Å². The van der Waals surface area contributed by atoms with Crippen molar-refractivity contribution in [2.24, 2.45) is 5.92 Å². The first-order chi connectivity index (χ1) is 9.77. The first kappa shape index (κ1) is 16.8. The highest BCUT2D eigenvalue weighted by Gasteiger charge is 2.42. The molecule has 0 aliphatic heterocycles. The first-order valence-electron chi connectivity index (χ1n) is 6.60. The molecule has 1 aliphatic rings. The van der Waals surface area contributed by atoms with Gasteiger partial charge in [-0.2, -0.15) is 13.2 Å². The summed E-state index contributed by atoms with van der Waals surface area (Å²) in [6.07, 6.45) is -3.00. The Labute approximate surface area is 137 Å². The van der Waals surface area contributed by atoms with Gasteiger partial charge in [-0.05, 0) is 53.4 Å². The Hall–Kier alpha value is -0.560. The third-order valence-electron chi connectivity index (χ3n) is 3.65. The molecule has 1 aromatic rings. The predicted octanol–water partition coefficient (Wildman–Crippen LogP) is 5.06. The van der Waals surface area contributed by atoms with E-state index < -0.39 is 18.1 Å². The van der Waals surface area contributed by atoms with Gasteiger partial charge in [-0.15, -0.1) is 0 Å². The largest absolute Gasteiger partial charge is 0.391 e. The molecule has 1 fully saturated rings. The topological polar surface area (TPSA) is 29.1 Å². The highest BCUT2D eigenvalue weighted by Crippen LogP contribution is 2.37. The number of hydrogen-bond acceptors (Lipinski definition) is 1. The number of carbonyl (C=O) groups is 1. The number of hydrogen-bond donors (Lipinski definition) is 1. The van der Waals surface area contributed by atoms with E-state index >= 15 is 0 Å². The molecular formula is C14H14Br2F3NO. The van der Waals surface area contributed by atoms with Crippen LogP contribution in [0.25, 0.3) is 0 Å². The summed E-state index contributed by atoms with van der Waals surface area (Å²) >= 11 is 6.55. The fraction of sp³-hybridized carbons (Fsp3) is 0.500. The van der Waals surface area contributed by atoms with E-state index in [-0.39, 0.29) is 18.7 Å². The Balaban J connectivity index is 2.04. The fourth-order valence-corrected chi connectivity index (χ4v) is 3.34. The number of benzene rings is 1. The van der Waals surface area contributed by atoms with Crippen molar-refractivity contribution in [2.45, 2.75) is 37.9 Å². The lowest BCUT2D eigenvalue weighted by Gasteiger charge is -2.31. The van der Waals surface area contributed by atoms with E-state index in [4.69, 9.17) is 0 Å². The minimum absolute atomic E-state index is 0.0408. The number of amides is 1. The lowest BCUT2D eigenvalue weighted by Crippen LogP contribution is -2.41. The summed E-state index contributed by atoms with van der Waals surface area (Å²) in [5, 5.41) is 2.72. The van der Waals surface area contributed by atoms with Crippen LogP contribution >= 0.6 is 31.9 Å². The molecule has 7 heteroatoms. The van der Waals surface area contributed by atoms with Crippen LogP contribution in [0.2, 0.25) is 0 Å². The second-order valence-corrected chi connectivity index (χ2v) is 6.97. The number of rotatable bonds is 2. The molecule has 1 amide bonds. The zero-order valence-electron chi connectivity index (χ0n) is 11.0. The summed E-state index contributed by atoms with van der Waals surface area (Å²) in [5.74, 6) is -1.67. The zero-order valence-corrected chi connectivity index (χ0v) is 14.2. The fourth-order valence-electron chi connectivity index (χ4n) is 2.55. The lowest BCUT2D eigenvalue weighted by atomic mass is 9.85. The van der Waals surface area contributed by atoms with Gasteiger partial charge in [-0.25, -0.2) is 0 Å². The molecule has 0 aromatic heterocycles. The number of nitrogens with one attached hydrogen (secondary N) is 1. The van der Waals surface area contributed by atoms with Crippen LogP contribution in [0.1, 0.15) is 36.0 Å². The summed E-state index contributed by atoms with van der Waals surface area (Å²) in [4.78, 5) is 12.2. The Bertz CT molecular complexity index is 533. The molecule has 1 saturated carbocycles. The van der Waals surface area contributed by atoms with Crippen LogP contribution in [0.4, 0.5) is 13.2 Å². The van der Waals surface area contributed by atoms with Gasteiger partial charge < -0.3 is 5.32 Å². The standard InChI is InChI=1S/C14H14Br2F3NO/c15-9-4-5-12(16)11(7-9)13(21)20-10-3-1-2-8(6-10)14(17,18)19/h4-5,7-8,10H,1-3,6H2,(H,20,21). The number of alkyl halides is 3. The van der Waals surface area contributed by atoms with E-state index in [2.05, 4.69) is 37.2 Å². The van der Waals surface area contributed by atoms with Crippen molar-refractivity contribution in [3.05, 3.63) is 32.7 Å². The molecule has 2 unspecified atom stereocenters. The minimum Gasteiger partial charge on any atom is -0.349 e. The van der Waals surface area contributed by atoms with Gasteiger partial charge >= 0.3 is 6.18 Å². The van der Waals surface area contributed by atoms with E-state index in [0.717, 1.165) is 4.47 Å². The molecule has 1 aliphatic carbocycles. The second-order valence-electron chi connectivity index (χ2n) is 5.20. The molecular weight excluding hydrogens is 415 g/mol. The number of carbonyl (C=O) groups excluding carboxylic acids is 1. The quantitative estimate of drug-likeness (QED) is 0.700. The molecule has 116 valence electrons.